The van der Waals surface area contributed by atoms with Crippen molar-refractivity contribution in [1.82, 2.24) is 15.0 Å². The second-order valence-electron chi connectivity index (χ2n) is 13.9. The lowest BCUT2D eigenvalue weighted by molar-refractivity contribution is 0.669. The maximum Gasteiger partial charge on any atom is 0.164 e. The molecule has 0 amide bonds. The van der Waals surface area contributed by atoms with Crippen LogP contribution in [-0.2, 0) is 0 Å². The SMILES string of the molecule is c1ccc(-c2cccc(-c3nc(-c4ccccc4)nc(-c4ccc5c(c4)oc4cccc(-c6ccccc6-c6cccc7c6sc6ccccc67)c45)n3)c2)cc1. The lowest BCUT2D eigenvalue weighted by atomic mass is 9.91. The average Bonchev–Trinajstić information content (AvgIpc) is 3.85. The third-order valence-electron chi connectivity index (χ3n) is 10.6. The number of furan rings is 1. The van der Waals surface area contributed by atoms with E-state index in [0.29, 0.717) is 17.5 Å². The van der Waals surface area contributed by atoms with Crippen LogP contribution in [-0.4, -0.2) is 15.0 Å². The lowest BCUT2D eigenvalue weighted by Crippen LogP contribution is -2.00. The highest BCUT2D eigenvalue weighted by Gasteiger charge is 2.19. The van der Waals surface area contributed by atoms with Crippen LogP contribution in [0.3, 0.4) is 0 Å². The zero-order valence-corrected chi connectivity index (χ0v) is 30.9. The quantitative estimate of drug-likeness (QED) is 0.171. The van der Waals surface area contributed by atoms with Crippen molar-refractivity contribution in [3.63, 3.8) is 0 Å². The summed E-state index contributed by atoms with van der Waals surface area (Å²) in [7, 11) is 0. The number of fused-ring (bicyclic) bond motifs is 6. The number of hydrogen-bond acceptors (Lipinski definition) is 5. The second-order valence-corrected chi connectivity index (χ2v) is 15.0. The first-order valence-electron chi connectivity index (χ1n) is 18.7. The Balaban J connectivity index is 1.05. The summed E-state index contributed by atoms with van der Waals surface area (Å²) in [5.41, 5.74) is 11.3. The number of hydrogen-bond donors (Lipinski definition) is 0. The van der Waals surface area contributed by atoms with Crippen molar-refractivity contribution in [3.8, 4) is 67.5 Å². The van der Waals surface area contributed by atoms with Crippen LogP contribution in [0.5, 0.6) is 0 Å². The van der Waals surface area contributed by atoms with E-state index in [1.54, 1.807) is 0 Å². The summed E-state index contributed by atoms with van der Waals surface area (Å²) in [4.78, 5) is 15.1. The van der Waals surface area contributed by atoms with Crippen molar-refractivity contribution in [3.05, 3.63) is 188 Å². The minimum Gasteiger partial charge on any atom is -0.456 e. The Morgan fingerprint density at radius 1 is 0.339 bits per heavy atom. The summed E-state index contributed by atoms with van der Waals surface area (Å²) in [5, 5.41) is 4.72. The van der Waals surface area contributed by atoms with Crippen LogP contribution < -0.4 is 0 Å². The maximum atomic E-state index is 6.66. The molecule has 11 rings (SSSR count). The van der Waals surface area contributed by atoms with Gasteiger partial charge in [-0.3, -0.25) is 0 Å². The van der Waals surface area contributed by atoms with E-state index >= 15 is 0 Å². The van der Waals surface area contributed by atoms with E-state index in [4.69, 9.17) is 19.4 Å². The molecular weight excluding hydrogens is 703 g/mol. The number of nitrogens with zero attached hydrogens (tertiary/aromatic N) is 3. The molecule has 0 fully saturated rings. The van der Waals surface area contributed by atoms with E-state index in [0.717, 1.165) is 55.3 Å². The highest BCUT2D eigenvalue weighted by molar-refractivity contribution is 7.26. The van der Waals surface area contributed by atoms with Crippen molar-refractivity contribution >= 4 is 53.4 Å². The molecule has 0 saturated carbocycles. The first-order chi connectivity index (χ1) is 27.7. The largest absolute Gasteiger partial charge is 0.456 e. The molecule has 3 heterocycles. The van der Waals surface area contributed by atoms with Gasteiger partial charge in [0.25, 0.3) is 0 Å². The molecule has 262 valence electrons. The van der Waals surface area contributed by atoms with Gasteiger partial charge in [-0.05, 0) is 58.1 Å². The van der Waals surface area contributed by atoms with Gasteiger partial charge in [0, 0.05) is 53.2 Å². The minimum absolute atomic E-state index is 0.586. The number of aromatic nitrogens is 3. The predicted octanol–water partition coefficient (Wildman–Crippen LogP) is 14.1. The Morgan fingerprint density at radius 2 is 0.893 bits per heavy atom. The van der Waals surface area contributed by atoms with Crippen LogP contribution in [0.2, 0.25) is 0 Å². The van der Waals surface area contributed by atoms with Gasteiger partial charge in [0.1, 0.15) is 11.2 Å². The first kappa shape index (κ1) is 32.2. The smallest absolute Gasteiger partial charge is 0.164 e. The Bertz CT molecular complexity index is 3260. The van der Waals surface area contributed by atoms with E-state index < -0.39 is 0 Å². The summed E-state index contributed by atoms with van der Waals surface area (Å²) < 4.78 is 9.26. The van der Waals surface area contributed by atoms with Crippen LogP contribution in [0.1, 0.15) is 0 Å². The van der Waals surface area contributed by atoms with Gasteiger partial charge in [-0.25, -0.2) is 15.0 Å². The number of thiophene rings is 1. The number of benzene rings is 8. The van der Waals surface area contributed by atoms with Gasteiger partial charge < -0.3 is 4.42 Å². The highest BCUT2D eigenvalue weighted by Crippen LogP contribution is 2.45. The molecule has 8 aromatic carbocycles. The zero-order valence-electron chi connectivity index (χ0n) is 30.1. The van der Waals surface area contributed by atoms with Crippen molar-refractivity contribution in [1.29, 1.82) is 0 Å². The Kier molecular flexibility index (Phi) is 7.64. The molecule has 0 unspecified atom stereocenters. The molecule has 0 N–H and O–H groups in total. The van der Waals surface area contributed by atoms with E-state index in [1.807, 2.05) is 47.7 Å². The van der Waals surface area contributed by atoms with Gasteiger partial charge in [0.15, 0.2) is 17.5 Å². The third-order valence-corrected chi connectivity index (χ3v) is 11.8. The Labute approximate surface area is 327 Å². The lowest BCUT2D eigenvalue weighted by Gasteiger charge is -2.12. The van der Waals surface area contributed by atoms with Crippen molar-refractivity contribution in [2.45, 2.75) is 0 Å². The summed E-state index contributed by atoms with van der Waals surface area (Å²) in [6.45, 7) is 0. The predicted molar refractivity (Wildman–Crippen MR) is 233 cm³/mol. The summed E-state index contributed by atoms with van der Waals surface area (Å²) in [6.07, 6.45) is 0. The van der Waals surface area contributed by atoms with Gasteiger partial charge in [0.05, 0.1) is 0 Å². The van der Waals surface area contributed by atoms with Crippen LogP contribution in [0, 0.1) is 0 Å². The van der Waals surface area contributed by atoms with Gasteiger partial charge in [0.2, 0.25) is 0 Å². The summed E-state index contributed by atoms with van der Waals surface area (Å²) in [5.74, 6) is 1.82. The van der Waals surface area contributed by atoms with E-state index in [9.17, 15) is 0 Å². The molecule has 0 atom stereocenters. The standard InChI is InChI=1S/C51H31N3OS/c1-3-14-32(15-4-1)34-18-11-19-35(30-34)50-52-49(33-16-5-2-6-17-33)53-51(54-50)36-28-29-43-45(31-36)55-44-26-13-23-40(47(43)44)37-20-7-8-21-38(37)41-24-12-25-42-39-22-9-10-27-46(39)56-48(41)42/h1-31H. The molecule has 3 aromatic heterocycles. The van der Waals surface area contributed by atoms with Gasteiger partial charge in [-0.15, -0.1) is 11.3 Å². The molecule has 5 heteroatoms. The topological polar surface area (TPSA) is 51.8 Å². The molecule has 0 spiro atoms. The van der Waals surface area contributed by atoms with Crippen LogP contribution in [0.15, 0.2) is 192 Å². The van der Waals surface area contributed by atoms with Crippen molar-refractivity contribution in [2.75, 3.05) is 0 Å². The van der Waals surface area contributed by atoms with Crippen LogP contribution >= 0.6 is 11.3 Å². The van der Waals surface area contributed by atoms with Crippen molar-refractivity contribution < 1.29 is 4.42 Å². The maximum absolute atomic E-state index is 6.66. The summed E-state index contributed by atoms with van der Waals surface area (Å²) in [6, 6.07) is 65.6. The third kappa shape index (κ3) is 5.48. The molecule has 56 heavy (non-hydrogen) atoms. The van der Waals surface area contributed by atoms with Gasteiger partial charge >= 0.3 is 0 Å². The van der Waals surface area contributed by atoms with E-state index in [-0.39, 0.29) is 0 Å². The minimum atomic E-state index is 0.586. The van der Waals surface area contributed by atoms with Gasteiger partial charge in [-0.2, -0.15) is 0 Å². The molecule has 4 nitrogen and oxygen atoms in total. The highest BCUT2D eigenvalue weighted by atomic mass is 32.1. The van der Waals surface area contributed by atoms with Crippen LogP contribution in [0.4, 0.5) is 0 Å². The Morgan fingerprint density at radius 3 is 1.70 bits per heavy atom. The second kappa shape index (κ2) is 13.3. The van der Waals surface area contributed by atoms with Gasteiger partial charge in [-0.1, -0.05) is 158 Å². The molecule has 0 aliphatic carbocycles. The monoisotopic (exact) mass is 733 g/mol. The normalized spacial score (nSPS) is 11.6. The molecule has 11 aromatic rings. The van der Waals surface area contributed by atoms with E-state index in [2.05, 4.69) is 152 Å². The molecule has 0 radical (unpaired) electrons. The van der Waals surface area contributed by atoms with Crippen molar-refractivity contribution in [2.24, 2.45) is 0 Å². The fourth-order valence-corrected chi connectivity index (χ4v) is 9.15. The van der Waals surface area contributed by atoms with E-state index in [1.165, 1.54) is 36.9 Å². The number of rotatable bonds is 6. The zero-order chi connectivity index (χ0) is 37.0. The fourth-order valence-electron chi connectivity index (χ4n) is 7.92. The molecular formula is C51H31N3OS. The Hall–Kier alpha value is -7.21. The van der Waals surface area contributed by atoms with Crippen LogP contribution in [0.25, 0.3) is 110 Å². The first-order valence-corrected chi connectivity index (χ1v) is 19.5. The molecule has 0 aliphatic rings. The molecule has 0 bridgehead atoms. The fraction of sp³-hybridized carbons (Fsp3) is 0. The summed E-state index contributed by atoms with van der Waals surface area (Å²) >= 11 is 1.86. The molecule has 0 aliphatic heterocycles. The molecule has 0 saturated heterocycles. The average molecular weight is 734 g/mol.